The van der Waals surface area contributed by atoms with E-state index in [2.05, 4.69) is 10.6 Å². The molecule has 2 aromatic rings. The molecular formula is C16H18ClN3O. The highest BCUT2D eigenvalue weighted by atomic mass is 35.5. The summed E-state index contributed by atoms with van der Waals surface area (Å²) < 4.78 is 1.28. The van der Waals surface area contributed by atoms with E-state index in [1.54, 1.807) is 0 Å². The van der Waals surface area contributed by atoms with E-state index in [0.717, 1.165) is 24.2 Å². The minimum absolute atomic E-state index is 0. The van der Waals surface area contributed by atoms with Crippen LogP contribution in [-0.4, -0.2) is 29.0 Å². The van der Waals surface area contributed by atoms with Crippen LogP contribution < -0.4 is 23.0 Å². The minimum Gasteiger partial charge on any atom is -1.00 e. The van der Waals surface area contributed by atoms with Crippen molar-refractivity contribution >= 4 is 5.96 Å². The van der Waals surface area contributed by atoms with Gasteiger partial charge in [-0.3, -0.25) is 10.6 Å². The van der Waals surface area contributed by atoms with E-state index in [9.17, 15) is 5.21 Å². The van der Waals surface area contributed by atoms with E-state index in [-0.39, 0.29) is 18.4 Å². The Morgan fingerprint density at radius 1 is 0.810 bits per heavy atom. The molecule has 0 amide bonds. The van der Waals surface area contributed by atoms with E-state index in [4.69, 9.17) is 0 Å². The second kappa shape index (κ2) is 6.99. The highest BCUT2D eigenvalue weighted by molar-refractivity contribution is 5.76. The summed E-state index contributed by atoms with van der Waals surface area (Å²) >= 11 is 0. The molecule has 2 aromatic carbocycles. The van der Waals surface area contributed by atoms with Crippen LogP contribution in [0.25, 0.3) is 0 Å². The van der Waals surface area contributed by atoms with Crippen molar-refractivity contribution in [1.29, 1.82) is 0 Å². The first-order chi connectivity index (χ1) is 9.86. The zero-order valence-electron chi connectivity index (χ0n) is 11.5. The van der Waals surface area contributed by atoms with Crippen molar-refractivity contribution < 1.29 is 22.4 Å². The Balaban J connectivity index is 0.00000161. The average Bonchev–Trinajstić information content (AvgIpc) is 3.04. The molecule has 1 aliphatic rings. The van der Waals surface area contributed by atoms with Crippen molar-refractivity contribution in [2.24, 2.45) is 0 Å². The zero-order chi connectivity index (χ0) is 13.8. The van der Waals surface area contributed by atoms with Gasteiger partial charge in [0.2, 0.25) is 0 Å². The van der Waals surface area contributed by atoms with Gasteiger partial charge >= 0.3 is 5.96 Å². The molecule has 0 bridgehead atoms. The van der Waals surface area contributed by atoms with Gasteiger partial charge in [0.1, 0.15) is 0 Å². The summed E-state index contributed by atoms with van der Waals surface area (Å²) in [4.78, 5) is 0. The van der Waals surface area contributed by atoms with Gasteiger partial charge in [-0.2, -0.15) is 0 Å². The Morgan fingerprint density at radius 3 is 1.67 bits per heavy atom. The number of nitrogens with zero attached hydrogens (tertiary/aromatic N) is 1. The quantitative estimate of drug-likeness (QED) is 0.376. The second-order valence-corrected chi connectivity index (χ2v) is 4.77. The first-order valence-corrected chi connectivity index (χ1v) is 6.79. The number of hydrogen-bond acceptors (Lipinski definition) is 1. The fraction of sp³-hybridized carbons (Fsp3) is 0.188. The first kappa shape index (κ1) is 15.2. The maximum atomic E-state index is 10.6. The molecule has 21 heavy (non-hydrogen) atoms. The number of guanidine groups is 1. The van der Waals surface area contributed by atoms with Crippen LogP contribution >= 0.6 is 0 Å². The fourth-order valence-corrected chi connectivity index (χ4v) is 2.46. The molecule has 0 saturated carbocycles. The normalized spacial score (nSPS) is 13.3. The maximum Gasteiger partial charge on any atom is 0.383 e. The topological polar surface area (TPSA) is 47.3 Å². The molecule has 5 heteroatoms. The van der Waals surface area contributed by atoms with Gasteiger partial charge in [-0.25, -0.2) is 0 Å². The summed E-state index contributed by atoms with van der Waals surface area (Å²) in [7, 11) is 0. The molecule has 1 fully saturated rings. The van der Waals surface area contributed by atoms with E-state index in [0.29, 0.717) is 5.96 Å². The van der Waals surface area contributed by atoms with Crippen LogP contribution in [-0.2, 0) is 0 Å². The standard InChI is InChI=1S/C16H17N3O.ClH/c20-19(16-17-11-12-18-16)15(13-7-3-1-4-8-13)14-9-5-2-6-10-14;/h1-10,15,20H,11-12H2,(H,17,18);1H. The van der Waals surface area contributed by atoms with E-state index < -0.39 is 0 Å². The highest BCUT2D eigenvalue weighted by Gasteiger charge is 2.27. The van der Waals surface area contributed by atoms with Crippen molar-refractivity contribution in [3.05, 3.63) is 71.8 Å². The largest absolute Gasteiger partial charge is 1.00 e. The maximum absolute atomic E-state index is 10.6. The zero-order valence-corrected chi connectivity index (χ0v) is 12.3. The number of nitrogens with one attached hydrogen (secondary N) is 2. The Hall–Kier alpha value is -2.20. The van der Waals surface area contributed by atoms with Gasteiger partial charge in [0.15, 0.2) is 6.04 Å². The third-order valence-corrected chi connectivity index (χ3v) is 3.41. The lowest BCUT2D eigenvalue weighted by atomic mass is 9.99. The molecule has 1 saturated heterocycles. The van der Waals surface area contributed by atoms with Crippen molar-refractivity contribution in [3.63, 3.8) is 0 Å². The fourth-order valence-electron chi connectivity index (χ4n) is 2.46. The number of halogens is 1. The number of rotatable bonds is 3. The van der Waals surface area contributed by atoms with Gasteiger partial charge in [-0.1, -0.05) is 65.4 Å². The minimum atomic E-state index is -0.231. The molecule has 0 unspecified atom stereocenters. The summed E-state index contributed by atoms with van der Waals surface area (Å²) in [6.07, 6.45) is 0. The first-order valence-electron chi connectivity index (χ1n) is 6.79. The molecule has 1 heterocycles. The molecule has 0 aromatic heterocycles. The van der Waals surface area contributed by atoms with Crippen LogP contribution in [0.4, 0.5) is 0 Å². The third-order valence-electron chi connectivity index (χ3n) is 3.41. The summed E-state index contributed by atoms with van der Waals surface area (Å²) in [6.45, 7) is 1.64. The Kier molecular flexibility index (Phi) is 5.06. The average molecular weight is 304 g/mol. The van der Waals surface area contributed by atoms with Gasteiger partial charge < -0.3 is 17.6 Å². The van der Waals surface area contributed by atoms with Crippen molar-refractivity contribution in [1.82, 2.24) is 10.6 Å². The van der Waals surface area contributed by atoms with E-state index in [1.807, 2.05) is 60.7 Å². The molecule has 3 rings (SSSR count). The molecule has 1 aliphatic heterocycles. The molecule has 0 radical (unpaired) electrons. The third kappa shape index (κ3) is 3.28. The summed E-state index contributed by atoms with van der Waals surface area (Å²) in [6, 6.07) is 19.8. The van der Waals surface area contributed by atoms with Crippen LogP contribution in [0.3, 0.4) is 0 Å². The van der Waals surface area contributed by atoms with E-state index in [1.165, 1.54) is 4.74 Å². The Labute approximate surface area is 130 Å². The van der Waals surface area contributed by atoms with Crippen LogP contribution in [0, 0.1) is 0 Å². The number of hydroxylamine groups is 1. The van der Waals surface area contributed by atoms with Crippen LogP contribution in [0.1, 0.15) is 17.2 Å². The predicted molar refractivity (Wildman–Crippen MR) is 77.8 cm³/mol. The van der Waals surface area contributed by atoms with Crippen LogP contribution in [0.15, 0.2) is 60.7 Å². The number of benzene rings is 2. The molecule has 4 nitrogen and oxygen atoms in total. The van der Waals surface area contributed by atoms with Crippen LogP contribution in [0.5, 0.6) is 0 Å². The molecule has 0 aliphatic carbocycles. The van der Waals surface area contributed by atoms with Gasteiger partial charge in [-0.05, 0) is 11.1 Å². The molecule has 0 atom stereocenters. The van der Waals surface area contributed by atoms with Gasteiger partial charge in [0.05, 0.1) is 13.1 Å². The summed E-state index contributed by atoms with van der Waals surface area (Å²) in [5.41, 5.74) is 2.09. The molecule has 0 spiro atoms. The van der Waals surface area contributed by atoms with Crippen LogP contribution in [0.2, 0.25) is 0 Å². The van der Waals surface area contributed by atoms with Crippen molar-refractivity contribution in [3.8, 4) is 0 Å². The monoisotopic (exact) mass is 303 g/mol. The Morgan fingerprint density at radius 2 is 1.24 bits per heavy atom. The van der Waals surface area contributed by atoms with Crippen molar-refractivity contribution in [2.75, 3.05) is 13.1 Å². The van der Waals surface area contributed by atoms with Gasteiger partial charge in [0.25, 0.3) is 0 Å². The second-order valence-electron chi connectivity index (χ2n) is 4.77. The molecule has 3 N–H and O–H groups in total. The van der Waals surface area contributed by atoms with Gasteiger partial charge in [-0.15, -0.1) is 0 Å². The lowest BCUT2D eigenvalue weighted by Crippen LogP contribution is -3.00. The molecular weight excluding hydrogens is 286 g/mol. The predicted octanol–water partition coefficient (Wildman–Crippen LogP) is -1.27. The number of hydrogen-bond donors (Lipinski definition) is 3. The Bertz CT molecular complexity index is 554. The lowest BCUT2D eigenvalue weighted by molar-refractivity contribution is -0.800. The summed E-state index contributed by atoms with van der Waals surface area (Å²) in [5, 5.41) is 16.9. The lowest BCUT2D eigenvalue weighted by Gasteiger charge is -2.17. The SMILES string of the molecule is O[N+](=C1NCCN1)C(c1ccccc1)c1ccccc1.[Cl-]. The highest BCUT2D eigenvalue weighted by Crippen LogP contribution is 2.24. The molecule has 110 valence electrons. The summed E-state index contributed by atoms with van der Waals surface area (Å²) in [5.74, 6) is 0.655. The van der Waals surface area contributed by atoms with Crippen molar-refractivity contribution in [2.45, 2.75) is 6.04 Å². The van der Waals surface area contributed by atoms with E-state index >= 15 is 0 Å². The smallest absolute Gasteiger partial charge is 0.383 e. The van der Waals surface area contributed by atoms with Gasteiger partial charge in [0, 0.05) is 0 Å².